The molecule has 1 unspecified atom stereocenters. The zero-order chi connectivity index (χ0) is 14.0. The van der Waals surface area contributed by atoms with Crippen LogP contribution < -0.4 is 0 Å². The first-order chi connectivity index (χ1) is 8.16. The van der Waals surface area contributed by atoms with Gasteiger partial charge in [0.15, 0.2) is 5.25 Å². The second-order valence-corrected chi connectivity index (χ2v) is 6.36. The first-order valence-electron chi connectivity index (χ1n) is 5.34. The molecule has 1 aliphatic heterocycles. The Labute approximate surface area is 104 Å². The van der Waals surface area contributed by atoms with Crippen molar-refractivity contribution < 1.29 is 21.6 Å². The van der Waals surface area contributed by atoms with E-state index in [1.54, 1.807) is 6.07 Å². The highest BCUT2D eigenvalue weighted by molar-refractivity contribution is 7.89. The van der Waals surface area contributed by atoms with Gasteiger partial charge in [-0.1, -0.05) is 0 Å². The van der Waals surface area contributed by atoms with E-state index in [1.165, 1.54) is 6.92 Å². The quantitative estimate of drug-likeness (QED) is 0.753. The van der Waals surface area contributed by atoms with Crippen molar-refractivity contribution in [3.05, 3.63) is 0 Å². The third kappa shape index (κ3) is 3.83. The van der Waals surface area contributed by atoms with Crippen LogP contribution in [0, 0.1) is 11.3 Å². The zero-order valence-corrected chi connectivity index (χ0v) is 10.6. The van der Waals surface area contributed by atoms with Gasteiger partial charge in [0.2, 0.25) is 10.0 Å². The summed E-state index contributed by atoms with van der Waals surface area (Å²) >= 11 is 0. The second-order valence-electron chi connectivity index (χ2n) is 4.11. The standard InChI is InChI=1S/C9H14F3N3O2S/c1-8(6-13)18(16,17)15-4-2-14(3-5-15)7-9(10,11)12/h8H,2-5,7H2,1H3. The molecule has 1 heterocycles. The summed E-state index contributed by atoms with van der Waals surface area (Å²) in [6.07, 6.45) is -4.28. The van der Waals surface area contributed by atoms with Crippen molar-refractivity contribution in [1.29, 1.82) is 5.26 Å². The van der Waals surface area contributed by atoms with E-state index in [-0.39, 0.29) is 26.2 Å². The largest absolute Gasteiger partial charge is 0.401 e. The van der Waals surface area contributed by atoms with Crippen LogP contribution in [0.2, 0.25) is 0 Å². The lowest BCUT2D eigenvalue weighted by atomic mass is 10.3. The minimum atomic E-state index is -4.28. The average molecular weight is 285 g/mol. The van der Waals surface area contributed by atoms with Gasteiger partial charge in [-0.15, -0.1) is 0 Å². The Bertz CT molecular complexity index is 421. The molecule has 1 rings (SSSR count). The van der Waals surface area contributed by atoms with Crippen LogP contribution in [0.1, 0.15) is 6.92 Å². The van der Waals surface area contributed by atoms with Gasteiger partial charge >= 0.3 is 6.18 Å². The molecule has 0 aromatic rings. The molecule has 1 atom stereocenters. The Balaban J connectivity index is 2.58. The van der Waals surface area contributed by atoms with Crippen LogP contribution in [0.5, 0.6) is 0 Å². The van der Waals surface area contributed by atoms with E-state index in [4.69, 9.17) is 5.26 Å². The van der Waals surface area contributed by atoms with Gasteiger partial charge in [0.25, 0.3) is 0 Å². The Kier molecular flexibility index (Phi) is 4.58. The number of rotatable bonds is 3. The van der Waals surface area contributed by atoms with E-state index in [0.29, 0.717) is 0 Å². The summed E-state index contributed by atoms with van der Waals surface area (Å²) in [6.45, 7) is 0.259. The van der Waals surface area contributed by atoms with Gasteiger partial charge in [-0.05, 0) is 6.92 Å². The molecule has 0 bridgehead atoms. The van der Waals surface area contributed by atoms with Gasteiger partial charge in [-0.25, -0.2) is 8.42 Å². The number of nitrogens with zero attached hydrogens (tertiary/aromatic N) is 3. The van der Waals surface area contributed by atoms with Gasteiger partial charge in [-0.3, -0.25) is 4.90 Å². The molecule has 1 aliphatic rings. The third-order valence-corrected chi connectivity index (χ3v) is 4.81. The summed E-state index contributed by atoms with van der Waals surface area (Å²) < 4.78 is 61.0. The van der Waals surface area contributed by atoms with Crippen molar-refractivity contribution in [2.24, 2.45) is 0 Å². The predicted octanol–water partition coefficient (Wildman–Crippen LogP) is 0.408. The highest BCUT2D eigenvalue weighted by Crippen LogP contribution is 2.19. The van der Waals surface area contributed by atoms with Gasteiger partial charge in [-0.2, -0.15) is 22.7 Å². The van der Waals surface area contributed by atoms with Crippen LogP contribution in [0.3, 0.4) is 0 Å². The number of piperazine rings is 1. The van der Waals surface area contributed by atoms with Crippen LogP contribution >= 0.6 is 0 Å². The molecule has 1 saturated heterocycles. The van der Waals surface area contributed by atoms with Crippen molar-refractivity contribution in [1.82, 2.24) is 9.21 Å². The predicted molar refractivity (Wildman–Crippen MR) is 58.1 cm³/mol. The van der Waals surface area contributed by atoms with Gasteiger partial charge in [0, 0.05) is 26.2 Å². The zero-order valence-electron chi connectivity index (χ0n) is 9.81. The van der Waals surface area contributed by atoms with Crippen LogP contribution in [-0.2, 0) is 10.0 Å². The van der Waals surface area contributed by atoms with E-state index < -0.39 is 28.0 Å². The Morgan fingerprint density at radius 3 is 2.17 bits per heavy atom. The Hall–Kier alpha value is -0.850. The lowest BCUT2D eigenvalue weighted by Gasteiger charge is -2.34. The van der Waals surface area contributed by atoms with E-state index in [9.17, 15) is 21.6 Å². The normalized spacial score (nSPS) is 21.5. The molecule has 0 amide bonds. The fourth-order valence-electron chi connectivity index (χ4n) is 1.69. The molecule has 5 nitrogen and oxygen atoms in total. The van der Waals surface area contributed by atoms with Crippen LogP contribution in [-0.4, -0.2) is 61.8 Å². The topological polar surface area (TPSA) is 64.4 Å². The monoisotopic (exact) mass is 285 g/mol. The summed E-state index contributed by atoms with van der Waals surface area (Å²) in [7, 11) is -3.71. The highest BCUT2D eigenvalue weighted by atomic mass is 32.2. The average Bonchev–Trinajstić information content (AvgIpc) is 2.26. The lowest BCUT2D eigenvalue weighted by molar-refractivity contribution is -0.148. The number of alkyl halides is 3. The van der Waals surface area contributed by atoms with Crippen molar-refractivity contribution in [3.8, 4) is 6.07 Å². The molecular weight excluding hydrogens is 271 g/mol. The summed E-state index contributed by atoms with van der Waals surface area (Å²) in [4.78, 5) is 1.16. The number of sulfonamides is 1. The molecule has 0 spiro atoms. The van der Waals surface area contributed by atoms with Crippen LogP contribution in [0.15, 0.2) is 0 Å². The van der Waals surface area contributed by atoms with Crippen molar-refractivity contribution >= 4 is 10.0 Å². The summed E-state index contributed by atoms with van der Waals surface area (Å²) in [6, 6.07) is 1.63. The maximum Gasteiger partial charge on any atom is 0.401 e. The maximum absolute atomic E-state index is 12.1. The lowest BCUT2D eigenvalue weighted by Crippen LogP contribution is -2.52. The van der Waals surface area contributed by atoms with Crippen molar-refractivity contribution in [2.45, 2.75) is 18.3 Å². The molecule has 18 heavy (non-hydrogen) atoms. The number of hydrogen-bond acceptors (Lipinski definition) is 4. The van der Waals surface area contributed by atoms with Gasteiger partial charge in [0.05, 0.1) is 12.6 Å². The van der Waals surface area contributed by atoms with Crippen molar-refractivity contribution in [2.75, 3.05) is 32.7 Å². The summed E-state index contributed by atoms with van der Waals surface area (Å²) in [5.74, 6) is 0. The molecule has 1 fully saturated rings. The molecule has 0 aromatic carbocycles. The fourth-order valence-corrected chi connectivity index (χ4v) is 2.94. The summed E-state index contributed by atoms with van der Waals surface area (Å²) in [5, 5.41) is 7.42. The SMILES string of the molecule is CC(C#N)S(=O)(=O)N1CCN(CC(F)(F)F)CC1. The molecule has 9 heteroatoms. The van der Waals surface area contributed by atoms with Crippen LogP contribution in [0.25, 0.3) is 0 Å². The molecule has 0 N–H and O–H groups in total. The molecule has 0 aromatic heterocycles. The minimum absolute atomic E-state index is 0.00949. The summed E-state index contributed by atoms with van der Waals surface area (Å²) in [5.41, 5.74) is 0. The maximum atomic E-state index is 12.1. The van der Waals surface area contributed by atoms with E-state index in [2.05, 4.69) is 0 Å². The number of hydrogen-bond donors (Lipinski definition) is 0. The molecular formula is C9H14F3N3O2S. The van der Waals surface area contributed by atoms with Crippen molar-refractivity contribution in [3.63, 3.8) is 0 Å². The van der Waals surface area contributed by atoms with Gasteiger partial charge in [0.1, 0.15) is 0 Å². The fraction of sp³-hybridized carbons (Fsp3) is 0.889. The molecule has 0 aliphatic carbocycles. The first kappa shape index (κ1) is 15.2. The molecule has 0 saturated carbocycles. The van der Waals surface area contributed by atoms with E-state index >= 15 is 0 Å². The second kappa shape index (κ2) is 5.42. The molecule has 0 radical (unpaired) electrons. The Morgan fingerprint density at radius 1 is 1.28 bits per heavy atom. The smallest absolute Gasteiger partial charge is 0.292 e. The van der Waals surface area contributed by atoms with E-state index in [0.717, 1.165) is 9.21 Å². The Morgan fingerprint density at radius 2 is 1.78 bits per heavy atom. The number of halogens is 3. The minimum Gasteiger partial charge on any atom is -0.292 e. The first-order valence-corrected chi connectivity index (χ1v) is 6.85. The van der Waals surface area contributed by atoms with Crippen LogP contribution in [0.4, 0.5) is 13.2 Å². The third-order valence-electron chi connectivity index (χ3n) is 2.72. The van der Waals surface area contributed by atoms with E-state index in [1.807, 2.05) is 0 Å². The van der Waals surface area contributed by atoms with Gasteiger partial charge < -0.3 is 0 Å². The highest BCUT2D eigenvalue weighted by Gasteiger charge is 2.35. The number of nitriles is 1. The molecule has 104 valence electrons.